The van der Waals surface area contributed by atoms with Crippen LogP contribution in [0.2, 0.25) is 0 Å². The molecule has 0 bridgehead atoms. The molecule has 31 heavy (non-hydrogen) atoms. The molecule has 1 aliphatic rings. The van der Waals surface area contributed by atoms with Crippen molar-refractivity contribution < 1.29 is 28.0 Å². The standard InChI is InChI=1S/C20H21BrN4O5S/c21-17-5-7-18(8-6-17)31(29,30)25-11-9-24(10-12-25)14-19(26)23-22-13-15-1-3-16(4-2-15)20(27)28/h1-8,13H,9-12,14H2,(H,23,26)(H,27,28)/b22-13+. The van der Waals surface area contributed by atoms with Crippen molar-refractivity contribution in [2.24, 2.45) is 5.10 Å². The number of aromatic carboxylic acids is 1. The number of sulfonamides is 1. The van der Waals surface area contributed by atoms with Gasteiger partial charge in [0.25, 0.3) is 5.91 Å². The third-order valence-electron chi connectivity index (χ3n) is 4.84. The number of amides is 1. The second kappa shape index (κ2) is 10.1. The maximum Gasteiger partial charge on any atom is 0.295 e. The number of hydrazone groups is 1. The van der Waals surface area contributed by atoms with Gasteiger partial charge in [-0.3, -0.25) is 4.79 Å². The molecule has 0 unspecified atom stereocenters. The first-order valence-corrected chi connectivity index (χ1v) is 11.7. The van der Waals surface area contributed by atoms with Crippen molar-refractivity contribution in [3.63, 3.8) is 0 Å². The fourth-order valence-electron chi connectivity index (χ4n) is 3.13. The molecular weight excluding hydrogens is 488 g/mol. The number of carbonyl (C=O) groups excluding carboxylic acids is 2. The number of carboxylic acid groups (broad SMARTS) is 1. The average Bonchev–Trinajstić information content (AvgIpc) is 2.75. The third kappa shape index (κ3) is 6.20. The normalized spacial score (nSPS) is 15.8. The molecule has 2 N–H and O–H groups in total. The van der Waals surface area contributed by atoms with E-state index in [4.69, 9.17) is 0 Å². The molecule has 0 radical (unpaired) electrons. The molecule has 3 rings (SSSR count). The van der Waals surface area contributed by atoms with Crippen molar-refractivity contribution in [1.82, 2.24) is 9.73 Å². The summed E-state index contributed by atoms with van der Waals surface area (Å²) in [6.45, 7) is 1.85. The van der Waals surface area contributed by atoms with Crippen molar-refractivity contribution in [1.29, 1.82) is 0 Å². The van der Waals surface area contributed by atoms with E-state index >= 15 is 0 Å². The number of nitrogens with one attached hydrogen (secondary N) is 2. The first-order chi connectivity index (χ1) is 14.8. The van der Waals surface area contributed by atoms with Crippen LogP contribution in [0.15, 0.2) is 63.0 Å². The fourth-order valence-corrected chi connectivity index (χ4v) is 4.83. The first-order valence-electron chi connectivity index (χ1n) is 9.48. The molecule has 1 heterocycles. The number of hydrogen-bond acceptors (Lipinski definition) is 6. The van der Waals surface area contributed by atoms with Crippen LogP contribution in [-0.2, 0) is 14.8 Å². The second-order valence-electron chi connectivity index (χ2n) is 6.99. The topological polar surface area (TPSA) is 123 Å². The van der Waals surface area contributed by atoms with E-state index in [1.54, 1.807) is 36.4 Å². The van der Waals surface area contributed by atoms with Crippen LogP contribution in [0.25, 0.3) is 0 Å². The second-order valence-corrected chi connectivity index (χ2v) is 9.84. The predicted molar refractivity (Wildman–Crippen MR) is 115 cm³/mol. The molecular formula is C20H21BrN4O5S. The molecule has 1 fully saturated rings. The van der Waals surface area contributed by atoms with E-state index in [-0.39, 0.29) is 22.9 Å². The van der Waals surface area contributed by atoms with Gasteiger partial charge in [0.1, 0.15) is 0 Å². The van der Waals surface area contributed by atoms with Crippen molar-refractivity contribution >= 4 is 44.0 Å². The van der Waals surface area contributed by atoms with Crippen LogP contribution < -0.4 is 15.4 Å². The maximum atomic E-state index is 12.7. The highest BCUT2D eigenvalue weighted by molar-refractivity contribution is 9.10. The number of carboxylic acids is 1. The van der Waals surface area contributed by atoms with Gasteiger partial charge >= 0.3 is 0 Å². The van der Waals surface area contributed by atoms with Crippen LogP contribution in [0, 0.1) is 0 Å². The molecule has 164 valence electrons. The number of piperazine rings is 1. The van der Waals surface area contributed by atoms with E-state index in [1.165, 1.54) is 22.7 Å². The molecule has 0 aromatic heterocycles. The summed E-state index contributed by atoms with van der Waals surface area (Å²) in [5.74, 6) is -1.55. The van der Waals surface area contributed by atoms with E-state index < -0.39 is 16.0 Å². The molecule has 1 amide bonds. The zero-order valence-corrected chi connectivity index (χ0v) is 18.9. The molecule has 0 aliphatic carbocycles. The van der Waals surface area contributed by atoms with Gasteiger partial charge in [0.15, 0.2) is 6.54 Å². The summed E-state index contributed by atoms with van der Waals surface area (Å²) in [5.41, 5.74) is 3.12. The highest BCUT2D eigenvalue weighted by atomic mass is 79.9. The molecule has 2 aromatic carbocycles. The van der Waals surface area contributed by atoms with Gasteiger partial charge in [0.05, 0.1) is 43.3 Å². The zero-order valence-electron chi connectivity index (χ0n) is 16.5. The molecule has 9 nitrogen and oxygen atoms in total. The van der Waals surface area contributed by atoms with Gasteiger partial charge in [-0.05, 0) is 35.4 Å². The van der Waals surface area contributed by atoms with Gasteiger partial charge in [-0.25, -0.2) is 13.8 Å². The molecule has 1 aliphatic heterocycles. The van der Waals surface area contributed by atoms with E-state index in [2.05, 4.69) is 26.5 Å². The van der Waals surface area contributed by atoms with E-state index in [1.807, 2.05) is 0 Å². The monoisotopic (exact) mass is 508 g/mol. The smallest absolute Gasteiger partial charge is 0.295 e. The highest BCUT2D eigenvalue weighted by Crippen LogP contribution is 2.18. The molecule has 2 aromatic rings. The molecule has 0 saturated carbocycles. The quantitative estimate of drug-likeness (QED) is 0.361. The van der Waals surface area contributed by atoms with Crippen LogP contribution in [0.5, 0.6) is 0 Å². The number of quaternary nitrogens is 1. The zero-order chi connectivity index (χ0) is 22.4. The van der Waals surface area contributed by atoms with Gasteiger partial charge in [-0.15, -0.1) is 0 Å². The lowest BCUT2D eigenvalue weighted by molar-refractivity contribution is -0.895. The minimum atomic E-state index is -3.55. The molecule has 0 atom stereocenters. The van der Waals surface area contributed by atoms with Crippen molar-refractivity contribution in [2.75, 3.05) is 32.7 Å². The van der Waals surface area contributed by atoms with Gasteiger partial charge in [-0.2, -0.15) is 9.41 Å². The van der Waals surface area contributed by atoms with Crippen LogP contribution in [0.3, 0.4) is 0 Å². The number of halogens is 1. The van der Waals surface area contributed by atoms with E-state index in [0.29, 0.717) is 31.7 Å². The van der Waals surface area contributed by atoms with Crippen LogP contribution >= 0.6 is 15.9 Å². The highest BCUT2D eigenvalue weighted by Gasteiger charge is 2.31. The van der Waals surface area contributed by atoms with Crippen LogP contribution in [-0.4, -0.2) is 63.5 Å². The first kappa shape index (κ1) is 23.1. The van der Waals surface area contributed by atoms with E-state index in [9.17, 15) is 23.1 Å². The largest absolute Gasteiger partial charge is 0.545 e. The average molecular weight is 509 g/mol. The Morgan fingerprint density at radius 2 is 1.71 bits per heavy atom. The van der Waals surface area contributed by atoms with Crippen molar-refractivity contribution in [2.45, 2.75) is 4.90 Å². The minimum absolute atomic E-state index is 0.0612. The molecule has 1 saturated heterocycles. The number of nitrogens with zero attached hydrogens (tertiary/aromatic N) is 2. The van der Waals surface area contributed by atoms with Crippen LogP contribution in [0.4, 0.5) is 0 Å². The minimum Gasteiger partial charge on any atom is -0.545 e. The SMILES string of the molecule is O=C(C[NH+]1CCN(S(=O)(=O)c2ccc(Br)cc2)CC1)N/N=C/c1ccc(C(=O)[O-])cc1. The summed E-state index contributed by atoms with van der Waals surface area (Å²) in [6, 6.07) is 12.4. The molecule has 11 heteroatoms. The summed E-state index contributed by atoms with van der Waals surface area (Å²) < 4.78 is 27.7. The van der Waals surface area contributed by atoms with Crippen LogP contribution in [0.1, 0.15) is 15.9 Å². The predicted octanol–water partition coefficient (Wildman–Crippen LogP) is -1.15. The maximum absolute atomic E-state index is 12.7. The number of hydrogen-bond donors (Lipinski definition) is 2. The van der Waals surface area contributed by atoms with Crippen molar-refractivity contribution in [3.05, 3.63) is 64.1 Å². The van der Waals surface area contributed by atoms with Crippen molar-refractivity contribution in [3.8, 4) is 0 Å². The fraction of sp³-hybridized carbons (Fsp3) is 0.250. The van der Waals surface area contributed by atoms with Gasteiger partial charge in [0.2, 0.25) is 10.0 Å². The Hall–Kier alpha value is -2.60. The van der Waals surface area contributed by atoms with Gasteiger partial charge < -0.3 is 14.8 Å². The number of carbonyl (C=O) groups is 2. The van der Waals surface area contributed by atoms with Gasteiger partial charge in [-0.1, -0.05) is 40.2 Å². The molecule has 0 spiro atoms. The summed E-state index contributed by atoms with van der Waals surface area (Å²) >= 11 is 3.29. The third-order valence-corrected chi connectivity index (χ3v) is 7.28. The lowest BCUT2D eigenvalue weighted by Crippen LogP contribution is -3.15. The Bertz CT molecular complexity index is 1060. The summed E-state index contributed by atoms with van der Waals surface area (Å²) in [4.78, 5) is 24.0. The Morgan fingerprint density at radius 3 is 2.29 bits per heavy atom. The summed E-state index contributed by atoms with van der Waals surface area (Å²) in [5, 5.41) is 14.6. The Morgan fingerprint density at radius 1 is 1.10 bits per heavy atom. The summed E-state index contributed by atoms with van der Waals surface area (Å²) in [6.07, 6.45) is 1.41. The Kier molecular flexibility index (Phi) is 7.55. The van der Waals surface area contributed by atoms with Gasteiger partial charge in [0, 0.05) is 4.47 Å². The number of rotatable bonds is 7. The Balaban J connectivity index is 1.46. The lowest BCUT2D eigenvalue weighted by atomic mass is 10.1. The lowest BCUT2D eigenvalue weighted by Gasteiger charge is -2.31. The number of benzene rings is 2. The summed E-state index contributed by atoms with van der Waals surface area (Å²) in [7, 11) is -3.55. The Labute approximate surface area is 188 Å². The van der Waals surface area contributed by atoms with E-state index in [0.717, 1.165) is 9.37 Å².